The van der Waals surface area contributed by atoms with Gasteiger partial charge in [0, 0.05) is 17.6 Å². The normalized spacial score (nSPS) is 13.1. The number of amides is 1. The van der Waals surface area contributed by atoms with Crippen molar-refractivity contribution in [2.75, 3.05) is 17.2 Å². The molecule has 5 rings (SSSR count). The predicted octanol–water partition coefficient (Wildman–Crippen LogP) is 2.92. The van der Waals surface area contributed by atoms with E-state index in [1.807, 2.05) is 12.3 Å². The summed E-state index contributed by atoms with van der Waals surface area (Å²) in [7, 11) is 0. The molecule has 4 aromatic heterocycles. The highest BCUT2D eigenvalue weighted by Crippen LogP contribution is 2.31. The monoisotopic (exact) mass is 405 g/mol. The fourth-order valence-corrected chi connectivity index (χ4v) is 4.20. The molecule has 0 atom stereocenters. The molecule has 1 aliphatic rings. The SMILES string of the molecule is NC(=O)c1cccn2c(-c3nc4c(c(NCc5cccs5)n3)NCCC4)ncc12. The number of hydrogen-bond acceptors (Lipinski definition) is 7. The third kappa shape index (κ3) is 3.19. The van der Waals surface area contributed by atoms with Gasteiger partial charge in [-0.15, -0.1) is 11.3 Å². The highest BCUT2D eigenvalue weighted by Gasteiger charge is 2.21. The van der Waals surface area contributed by atoms with Crippen molar-refractivity contribution in [1.82, 2.24) is 19.4 Å². The van der Waals surface area contributed by atoms with E-state index in [0.717, 1.165) is 36.6 Å². The number of thiophene rings is 1. The number of carbonyl (C=O) groups excluding carboxylic acids is 1. The topological polar surface area (TPSA) is 110 Å². The molecule has 1 amide bonds. The highest BCUT2D eigenvalue weighted by molar-refractivity contribution is 7.09. The maximum Gasteiger partial charge on any atom is 0.250 e. The largest absolute Gasteiger partial charge is 0.381 e. The Balaban J connectivity index is 1.60. The molecule has 0 fully saturated rings. The lowest BCUT2D eigenvalue weighted by Crippen LogP contribution is -2.18. The molecule has 4 aromatic rings. The summed E-state index contributed by atoms with van der Waals surface area (Å²) in [5, 5.41) is 8.92. The summed E-state index contributed by atoms with van der Waals surface area (Å²) >= 11 is 1.70. The van der Waals surface area contributed by atoms with Crippen LogP contribution in [0, 0.1) is 0 Å². The minimum Gasteiger partial charge on any atom is -0.381 e. The van der Waals surface area contributed by atoms with Gasteiger partial charge in [0.25, 0.3) is 5.91 Å². The minimum atomic E-state index is -0.490. The van der Waals surface area contributed by atoms with Gasteiger partial charge in [0.2, 0.25) is 0 Å². The summed E-state index contributed by atoms with van der Waals surface area (Å²) in [6.45, 7) is 1.59. The minimum absolute atomic E-state index is 0.418. The van der Waals surface area contributed by atoms with E-state index in [-0.39, 0.29) is 0 Å². The van der Waals surface area contributed by atoms with Crippen LogP contribution in [-0.2, 0) is 13.0 Å². The highest BCUT2D eigenvalue weighted by atomic mass is 32.1. The molecular weight excluding hydrogens is 386 g/mol. The summed E-state index contributed by atoms with van der Waals surface area (Å²) in [6.07, 6.45) is 5.36. The van der Waals surface area contributed by atoms with Crippen LogP contribution in [0.15, 0.2) is 42.0 Å². The Labute approximate surface area is 170 Å². The molecule has 1 aliphatic heterocycles. The van der Waals surface area contributed by atoms with Crippen LogP contribution >= 0.6 is 11.3 Å². The number of anilines is 2. The first kappa shape index (κ1) is 17.6. The van der Waals surface area contributed by atoms with E-state index in [1.165, 1.54) is 4.88 Å². The summed E-state index contributed by atoms with van der Waals surface area (Å²) in [5.74, 6) is 1.37. The number of fused-ring (bicyclic) bond motifs is 2. The van der Waals surface area contributed by atoms with Crippen molar-refractivity contribution in [2.24, 2.45) is 5.73 Å². The maximum absolute atomic E-state index is 11.7. The number of nitrogens with two attached hydrogens (primary N) is 1. The van der Waals surface area contributed by atoms with E-state index in [4.69, 9.17) is 15.7 Å². The van der Waals surface area contributed by atoms with Crippen LogP contribution < -0.4 is 16.4 Å². The molecule has 0 saturated heterocycles. The molecular formula is C20H19N7OS. The van der Waals surface area contributed by atoms with Crippen molar-refractivity contribution in [3.63, 3.8) is 0 Å². The molecule has 0 bridgehead atoms. The second-order valence-electron chi connectivity index (χ2n) is 6.80. The Hall–Kier alpha value is -3.46. The molecule has 9 heteroatoms. The van der Waals surface area contributed by atoms with Gasteiger partial charge in [0.15, 0.2) is 17.5 Å². The number of rotatable bonds is 5. The number of pyridine rings is 1. The Morgan fingerprint density at radius 1 is 1.31 bits per heavy atom. The van der Waals surface area contributed by atoms with Gasteiger partial charge in [-0.25, -0.2) is 15.0 Å². The van der Waals surface area contributed by atoms with E-state index in [0.29, 0.717) is 29.3 Å². The van der Waals surface area contributed by atoms with Gasteiger partial charge in [-0.05, 0) is 36.4 Å². The lowest BCUT2D eigenvalue weighted by molar-refractivity contribution is 0.100. The first-order chi connectivity index (χ1) is 14.2. The van der Waals surface area contributed by atoms with Gasteiger partial charge in [-0.2, -0.15) is 0 Å². The Bertz CT molecular complexity index is 1200. The van der Waals surface area contributed by atoms with Gasteiger partial charge in [0.05, 0.1) is 35.2 Å². The van der Waals surface area contributed by atoms with E-state index in [9.17, 15) is 4.79 Å². The van der Waals surface area contributed by atoms with E-state index >= 15 is 0 Å². The van der Waals surface area contributed by atoms with Crippen LogP contribution in [0.25, 0.3) is 17.2 Å². The van der Waals surface area contributed by atoms with Crippen LogP contribution in [0.4, 0.5) is 11.5 Å². The molecule has 0 aliphatic carbocycles. The number of aryl methyl sites for hydroxylation is 1. The number of hydrogen-bond donors (Lipinski definition) is 3. The number of carbonyl (C=O) groups is 1. The van der Waals surface area contributed by atoms with Crippen LogP contribution in [-0.4, -0.2) is 31.8 Å². The molecule has 0 radical (unpaired) electrons. The van der Waals surface area contributed by atoms with E-state index in [1.54, 1.807) is 34.1 Å². The van der Waals surface area contributed by atoms with Crippen molar-refractivity contribution < 1.29 is 4.79 Å². The third-order valence-corrected chi connectivity index (χ3v) is 5.80. The molecule has 8 nitrogen and oxygen atoms in total. The van der Waals surface area contributed by atoms with Crippen molar-refractivity contribution >= 4 is 34.3 Å². The quantitative estimate of drug-likeness (QED) is 0.471. The molecule has 0 saturated carbocycles. The second-order valence-corrected chi connectivity index (χ2v) is 7.84. The third-order valence-electron chi connectivity index (χ3n) is 4.92. The summed E-state index contributed by atoms with van der Waals surface area (Å²) in [4.78, 5) is 27.0. The first-order valence-electron chi connectivity index (χ1n) is 9.38. The van der Waals surface area contributed by atoms with Crippen LogP contribution in [0.2, 0.25) is 0 Å². The first-order valence-corrected chi connectivity index (χ1v) is 10.3. The number of nitrogens with one attached hydrogen (secondary N) is 2. The van der Waals surface area contributed by atoms with Crippen molar-refractivity contribution in [1.29, 1.82) is 0 Å². The molecule has 4 N–H and O–H groups in total. The lowest BCUT2D eigenvalue weighted by Gasteiger charge is -2.21. The Morgan fingerprint density at radius 2 is 2.24 bits per heavy atom. The average molecular weight is 405 g/mol. The predicted molar refractivity (Wildman–Crippen MR) is 113 cm³/mol. The van der Waals surface area contributed by atoms with Gasteiger partial charge < -0.3 is 16.4 Å². The number of aromatic nitrogens is 4. The zero-order valence-electron chi connectivity index (χ0n) is 15.6. The standard InChI is InChI=1S/C20H19N7OS/c21-17(28)13-5-2-8-27-15(13)11-24-20(27)19-25-14-6-1-7-22-16(14)18(26-19)23-10-12-4-3-9-29-12/h2-5,8-9,11,22H,1,6-7,10H2,(H2,21,28)(H,23,25,26). The van der Waals surface area contributed by atoms with Crippen molar-refractivity contribution in [3.05, 3.63) is 58.2 Å². The Morgan fingerprint density at radius 3 is 3.07 bits per heavy atom. The molecule has 0 unspecified atom stereocenters. The van der Waals surface area contributed by atoms with Crippen LogP contribution in [0.1, 0.15) is 27.3 Å². The lowest BCUT2D eigenvalue weighted by atomic mass is 10.1. The number of primary amides is 1. The zero-order valence-corrected chi connectivity index (χ0v) is 16.4. The molecule has 29 heavy (non-hydrogen) atoms. The second kappa shape index (κ2) is 7.17. The maximum atomic E-state index is 11.7. The van der Waals surface area contributed by atoms with Gasteiger partial charge in [0.1, 0.15) is 0 Å². The summed E-state index contributed by atoms with van der Waals surface area (Å²) < 4.78 is 1.81. The molecule has 146 valence electrons. The molecule has 0 aromatic carbocycles. The average Bonchev–Trinajstić information content (AvgIpc) is 3.41. The van der Waals surface area contributed by atoms with Gasteiger partial charge in [-0.3, -0.25) is 9.20 Å². The summed E-state index contributed by atoms with van der Waals surface area (Å²) in [5.41, 5.74) is 8.48. The van der Waals surface area contributed by atoms with Crippen molar-refractivity contribution in [3.8, 4) is 11.6 Å². The van der Waals surface area contributed by atoms with Crippen LogP contribution in [0.5, 0.6) is 0 Å². The Kier molecular flexibility index (Phi) is 4.36. The number of nitrogens with zero attached hydrogens (tertiary/aromatic N) is 4. The van der Waals surface area contributed by atoms with E-state index in [2.05, 4.69) is 27.1 Å². The molecule has 0 spiro atoms. The van der Waals surface area contributed by atoms with Gasteiger partial charge in [-0.1, -0.05) is 6.07 Å². The number of imidazole rings is 1. The molecule has 5 heterocycles. The van der Waals surface area contributed by atoms with Gasteiger partial charge >= 0.3 is 0 Å². The van der Waals surface area contributed by atoms with Crippen LogP contribution in [0.3, 0.4) is 0 Å². The van der Waals surface area contributed by atoms with E-state index < -0.39 is 5.91 Å². The van der Waals surface area contributed by atoms with Crippen molar-refractivity contribution in [2.45, 2.75) is 19.4 Å². The fourth-order valence-electron chi connectivity index (χ4n) is 3.55. The zero-order chi connectivity index (χ0) is 19.8. The smallest absolute Gasteiger partial charge is 0.250 e. The summed E-state index contributed by atoms with van der Waals surface area (Å²) in [6, 6.07) is 7.59. The fraction of sp³-hybridized carbons (Fsp3) is 0.200.